The first-order chi connectivity index (χ1) is 16.3. The molecule has 0 spiro atoms. The average Bonchev–Trinajstić information content (AvgIpc) is 3.04. The van der Waals surface area contributed by atoms with Gasteiger partial charge in [-0.2, -0.15) is 0 Å². The molecule has 7 heteroatoms. The van der Waals surface area contributed by atoms with E-state index in [-0.39, 0.29) is 22.5 Å². The summed E-state index contributed by atoms with van der Waals surface area (Å²) in [6.45, 7) is 4.13. The van der Waals surface area contributed by atoms with Crippen molar-refractivity contribution in [2.45, 2.75) is 19.0 Å². The molecule has 1 aliphatic carbocycles. The Hall–Kier alpha value is -3.29. The SMILES string of the molecule is Cc1ccc(F)cc1CN1CCN(C2(c3cc(F)cc(F)c3)C(=O)c3ccccc3C2=O)CC1. The van der Waals surface area contributed by atoms with Crippen molar-refractivity contribution in [2.75, 3.05) is 26.2 Å². The third-order valence-electron chi connectivity index (χ3n) is 6.91. The van der Waals surface area contributed by atoms with Crippen molar-refractivity contribution in [2.24, 2.45) is 0 Å². The molecule has 0 atom stereocenters. The van der Waals surface area contributed by atoms with Gasteiger partial charge in [0, 0.05) is 49.9 Å². The quantitative estimate of drug-likeness (QED) is 0.533. The Morgan fingerprint density at radius 1 is 0.765 bits per heavy atom. The van der Waals surface area contributed by atoms with E-state index >= 15 is 0 Å². The Kier molecular flexibility index (Phi) is 5.62. The number of Topliss-reactive ketones (excluding diaryl/α,β-unsaturated/α-hetero) is 2. The first-order valence-electron chi connectivity index (χ1n) is 11.2. The third-order valence-corrected chi connectivity index (χ3v) is 6.91. The molecular weight excluding hydrogens is 441 g/mol. The molecule has 1 fully saturated rings. The largest absolute Gasteiger partial charge is 0.297 e. The molecule has 0 aromatic heterocycles. The van der Waals surface area contributed by atoms with Crippen LogP contribution in [0.1, 0.15) is 37.4 Å². The molecule has 1 saturated heterocycles. The van der Waals surface area contributed by atoms with Crippen LogP contribution in [0, 0.1) is 24.4 Å². The highest BCUT2D eigenvalue weighted by Crippen LogP contribution is 2.43. The van der Waals surface area contributed by atoms with Crippen molar-refractivity contribution in [3.63, 3.8) is 0 Å². The van der Waals surface area contributed by atoms with E-state index in [9.17, 15) is 22.8 Å². The maximum atomic E-state index is 14.3. The van der Waals surface area contributed by atoms with E-state index in [2.05, 4.69) is 4.90 Å². The van der Waals surface area contributed by atoms with Gasteiger partial charge in [-0.1, -0.05) is 30.3 Å². The second kappa shape index (κ2) is 8.49. The molecule has 2 aliphatic rings. The zero-order chi connectivity index (χ0) is 24.0. The number of hydrogen-bond acceptors (Lipinski definition) is 4. The lowest BCUT2D eigenvalue weighted by atomic mass is 9.82. The second-order valence-electron chi connectivity index (χ2n) is 8.91. The lowest BCUT2D eigenvalue weighted by Crippen LogP contribution is -2.60. The monoisotopic (exact) mass is 464 g/mol. The fraction of sp³-hybridized carbons (Fsp3) is 0.259. The Labute approximate surface area is 195 Å². The van der Waals surface area contributed by atoms with Gasteiger partial charge in [-0.25, -0.2) is 13.2 Å². The van der Waals surface area contributed by atoms with Crippen LogP contribution in [0.5, 0.6) is 0 Å². The van der Waals surface area contributed by atoms with Gasteiger partial charge in [-0.15, -0.1) is 0 Å². The topological polar surface area (TPSA) is 40.6 Å². The number of hydrogen-bond donors (Lipinski definition) is 0. The number of carbonyl (C=O) groups is 2. The summed E-state index contributed by atoms with van der Waals surface area (Å²) < 4.78 is 42.2. The van der Waals surface area contributed by atoms with E-state index in [1.807, 2.05) is 6.92 Å². The predicted molar refractivity (Wildman–Crippen MR) is 121 cm³/mol. The van der Waals surface area contributed by atoms with Gasteiger partial charge in [0.15, 0.2) is 17.1 Å². The minimum absolute atomic E-state index is 0.00521. The normalized spacial score (nSPS) is 18.4. The van der Waals surface area contributed by atoms with Crippen molar-refractivity contribution in [1.82, 2.24) is 9.80 Å². The predicted octanol–water partition coefficient (Wildman–Crippen LogP) is 4.50. The van der Waals surface area contributed by atoms with Crippen LogP contribution in [-0.2, 0) is 12.1 Å². The Morgan fingerprint density at radius 3 is 1.94 bits per heavy atom. The van der Waals surface area contributed by atoms with Gasteiger partial charge in [0.25, 0.3) is 0 Å². The average molecular weight is 464 g/mol. The number of nitrogens with zero attached hydrogens (tertiary/aromatic N) is 2. The number of fused-ring (bicyclic) bond motifs is 1. The molecule has 3 aromatic rings. The zero-order valence-corrected chi connectivity index (χ0v) is 18.7. The summed E-state index contributed by atoms with van der Waals surface area (Å²) in [7, 11) is 0. The van der Waals surface area contributed by atoms with E-state index in [0.717, 1.165) is 29.3 Å². The smallest absolute Gasteiger partial charge is 0.196 e. The number of benzene rings is 3. The minimum atomic E-state index is -1.81. The standard InChI is InChI=1S/C27H23F3N2O2/c1-17-6-7-20(28)12-18(17)16-31-8-10-32(11-9-31)27(19-13-21(29)15-22(30)14-19)25(33)23-4-2-3-5-24(23)26(27)34/h2-7,12-15H,8-11,16H2,1H3. The van der Waals surface area contributed by atoms with Gasteiger partial charge < -0.3 is 0 Å². The molecule has 34 heavy (non-hydrogen) atoms. The van der Waals surface area contributed by atoms with Crippen molar-refractivity contribution in [3.05, 3.63) is 106 Å². The van der Waals surface area contributed by atoms with Gasteiger partial charge >= 0.3 is 0 Å². The molecule has 4 nitrogen and oxygen atoms in total. The van der Waals surface area contributed by atoms with Crippen LogP contribution in [-0.4, -0.2) is 47.5 Å². The van der Waals surface area contributed by atoms with E-state index in [0.29, 0.717) is 32.7 Å². The highest BCUT2D eigenvalue weighted by molar-refractivity contribution is 6.32. The molecule has 0 bridgehead atoms. The second-order valence-corrected chi connectivity index (χ2v) is 8.91. The summed E-state index contributed by atoms with van der Waals surface area (Å²) in [4.78, 5) is 31.3. The molecule has 0 N–H and O–H groups in total. The molecule has 0 radical (unpaired) electrons. The minimum Gasteiger partial charge on any atom is -0.297 e. The van der Waals surface area contributed by atoms with E-state index in [4.69, 9.17) is 0 Å². The fourth-order valence-corrected chi connectivity index (χ4v) is 5.16. The summed E-state index contributed by atoms with van der Waals surface area (Å²) in [5, 5.41) is 0. The Balaban J connectivity index is 1.49. The van der Waals surface area contributed by atoms with Crippen molar-refractivity contribution in [3.8, 4) is 0 Å². The van der Waals surface area contributed by atoms with Crippen molar-refractivity contribution < 1.29 is 22.8 Å². The van der Waals surface area contributed by atoms with Gasteiger partial charge in [0.2, 0.25) is 0 Å². The fourth-order valence-electron chi connectivity index (χ4n) is 5.16. The van der Waals surface area contributed by atoms with E-state index < -0.39 is 28.7 Å². The number of aryl methyl sites for hydroxylation is 1. The molecule has 3 aromatic carbocycles. The maximum Gasteiger partial charge on any atom is 0.196 e. The zero-order valence-electron chi connectivity index (χ0n) is 18.7. The third kappa shape index (κ3) is 3.56. The summed E-state index contributed by atoms with van der Waals surface area (Å²) >= 11 is 0. The Bertz CT molecular complexity index is 1240. The summed E-state index contributed by atoms with van der Waals surface area (Å²) in [6, 6.07) is 14.1. The van der Waals surface area contributed by atoms with Crippen LogP contribution in [0.25, 0.3) is 0 Å². The van der Waals surface area contributed by atoms with Gasteiger partial charge in [-0.3, -0.25) is 19.4 Å². The molecule has 0 unspecified atom stereocenters. The van der Waals surface area contributed by atoms with Crippen LogP contribution in [0.15, 0.2) is 60.7 Å². The van der Waals surface area contributed by atoms with Crippen LogP contribution < -0.4 is 0 Å². The molecule has 1 aliphatic heterocycles. The van der Waals surface area contributed by atoms with Crippen LogP contribution in [0.3, 0.4) is 0 Å². The number of piperazine rings is 1. The molecular formula is C27H23F3N2O2. The molecule has 174 valence electrons. The van der Waals surface area contributed by atoms with Crippen LogP contribution in [0.4, 0.5) is 13.2 Å². The highest BCUT2D eigenvalue weighted by atomic mass is 19.1. The molecule has 0 amide bonds. The highest BCUT2D eigenvalue weighted by Gasteiger charge is 2.58. The number of ketones is 2. The lowest BCUT2D eigenvalue weighted by Gasteiger charge is -2.44. The number of rotatable bonds is 4. The van der Waals surface area contributed by atoms with Crippen LogP contribution in [0.2, 0.25) is 0 Å². The van der Waals surface area contributed by atoms with Gasteiger partial charge in [-0.05, 0) is 47.9 Å². The van der Waals surface area contributed by atoms with Crippen LogP contribution >= 0.6 is 0 Å². The lowest BCUT2D eigenvalue weighted by molar-refractivity contribution is 0.0277. The van der Waals surface area contributed by atoms with Gasteiger partial charge in [0.05, 0.1) is 0 Å². The Morgan fingerprint density at radius 2 is 1.35 bits per heavy atom. The molecule has 1 heterocycles. The van der Waals surface area contributed by atoms with E-state index in [1.165, 1.54) is 12.1 Å². The summed E-state index contributed by atoms with van der Waals surface area (Å²) in [6.07, 6.45) is 0. The van der Waals surface area contributed by atoms with Crippen molar-refractivity contribution in [1.29, 1.82) is 0 Å². The number of carbonyl (C=O) groups excluding carboxylic acids is 2. The maximum absolute atomic E-state index is 14.3. The first kappa shape index (κ1) is 22.5. The van der Waals surface area contributed by atoms with Crippen molar-refractivity contribution >= 4 is 11.6 Å². The summed E-state index contributed by atoms with van der Waals surface area (Å²) in [5.41, 5.74) is 0.562. The van der Waals surface area contributed by atoms with Gasteiger partial charge in [0.1, 0.15) is 17.5 Å². The molecule has 0 saturated carbocycles. The molecule has 5 rings (SSSR count). The number of halogens is 3. The van der Waals surface area contributed by atoms with E-state index in [1.54, 1.807) is 35.2 Å². The summed E-state index contributed by atoms with van der Waals surface area (Å²) in [5.74, 6) is -2.91. The first-order valence-corrected chi connectivity index (χ1v) is 11.2.